The Bertz CT molecular complexity index is 748. The van der Waals surface area contributed by atoms with Gasteiger partial charge in [-0.05, 0) is 31.3 Å². The Morgan fingerprint density at radius 2 is 1.47 bits per heavy atom. The Hall–Kier alpha value is -3.11. The maximum Gasteiger partial charge on any atom is 0.326 e. The zero-order valence-electron chi connectivity index (χ0n) is 18.9. The number of hydrogen-bond acceptors (Lipinski definition) is 9. The molecule has 34 heavy (non-hydrogen) atoms. The fourth-order valence-electron chi connectivity index (χ4n) is 2.57. The van der Waals surface area contributed by atoms with Gasteiger partial charge in [0.25, 0.3) is 0 Å². The summed E-state index contributed by atoms with van der Waals surface area (Å²) in [5.41, 5.74) is 21.2. The fourth-order valence-corrected chi connectivity index (χ4v) is 3.05. The van der Waals surface area contributed by atoms with Gasteiger partial charge in [-0.3, -0.25) is 24.2 Å². The van der Waals surface area contributed by atoms with Crippen LogP contribution in [-0.2, 0) is 24.0 Å². The van der Waals surface area contributed by atoms with Gasteiger partial charge in [0.15, 0.2) is 5.96 Å². The first-order chi connectivity index (χ1) is 15.9. The number of thioether (sulfide) groups is 1. The second-order valence-corrected chi connectivity index (χ2v) is 8.20. The molecule has 13 N–H and O–H groups in total. The van der Waals surface area contributed by atoms with Crippen LogP contribution in [0.4, 0.5) is 0 Å². The third-order valence-electron chi connectivity index (χ3n) is 4.38. The number of aliphatic hydroxyl groups excluding tert-OH is 1. The molecule has 4 atom stereocenters. The number of carboxylic acids is 1. The Kier molecular flexibility index (Phi) is 15.0. The minimum Gasteiger partial charge on any atom is -0.480 e. The molecule has 0 saturated carbocycles. The van der Waals surface area contributed by atoms with Crippen LogP contribution in [0.5, 0.6) is 0 Å². The molecule has 0 rings (SSSR count). The molecule has 4 unspecified atom stereocenters. The highest BCUT2D eigenvalue weighted by atomic mass is 32.2. The minimum absolute atomic E-state index is 0.0978. The van der Waals surface area contributed by atoms with Gasteiger partial charge in [-0.15, -0.1) is 0 Å². The minimum atomic E-state index is -1.58. The highest BCUT2D eigenvalue weighted by molar-refractivity contribution is 7.98. The number of nitrogens with zero attached hydrogens (tertiary/aromatic N) is 1. The molecule has 0 bridgehead atoms. The van der Waals surface area contributed by atoms with E-state index in [-0.39, 0.29) is 25.3 Å². The van der Waals surface area contributed by atoms with E-state index >= 15 is 0 Å². The Morgan fingerprint density at radius 1 is 0.912 bits per heavy atom. The van der Waals surface area contributed by atoms with Gasteiger partial charge in [-0.2, -0.15) is 11.8 Å². The predicted octanol–water partition coefficient (Wildman–Crippen LogP) is -4.47. The van der Waals surface area contributed by atoms with E-state index in [0.29, 0.717) is 12.2 Å². The summed E-state index contributed by atoms with van der Waals surface area (Å²) in [7, 11) is 0. The lowest BCUT2D eigenvalue weighted by molar-refractivity contribution is -0.143. The molecule has 16 heteroatoms. The molecule has 0 radical (unpaired) electrons. The summed E-state index contributed by atoms with van der Waals surface area (Å²) in [5, 5.41) is 25.5. The number of aliphatic hydroxyl groups is 1. The van der Waals surface area contributed by atoms with Gasteiger partial charge in [-0.1, -0.05) is 0 Å². The Morgan fingerprint density at radius 3 is 1.97 bits per heavy atom. The second kappa shape index (κ2) is 16.5. The summed E-state index contributed by atoms with van der Waals surface area (Å²) in [6, 6.07) is -5.20. The van der Waals surface area contributed by atoms with Gasteiger partial charge in [0, 0.05) is 6.54 Å². The summed E-state index contributed by atoms with van der Waals surface area (Å²) in [6.45, 7) is -0.527. The third kappa shape index (κ3) is 12.8. The zero-order valence-corrected chi connectivity index (χ0v) is 19.7. The van der Waals surface area contributed by atoms with Gasteiger partial charge in [0.05, 0.1) is 19.1 Å². The van der Waals surface area contributed by atoms with E-state index in [1.807, 2.05) is 0 Å². The maximum atomic E-state index is 12.6. The van der Waals surface area contributed by atoms with Crippen molar-refractivity contribution in [2.75, 3.05) is 25.2 Å². The number of carbonyl (C=O) groups excluding carboxylic acids is 4. The fraction of sp³-hybridized carbons (Fsp3) is 0.667. The number of aliphatic imine (C=N–C) groups is 1. The van der Waals surface area contributed by atoms with Gasteiger partial charge in [0.1, 0.15) is 18.1 Å². The normalized spacial score (nSPS) is 14.1. The van der Waals surface area contributed by atoms with Crippen molar-refractivity contribution in [3.05, 3.63) is 0 Å². The van der Waals surface area contributed by atoms with E-state index in [1.54, 1.807) is 6.26 Å². The van der Waals surface area contributed by atoms with Crippen molar-refractivity contribution < 1.29 is 34.2 Å². The number of guanidine groups is 1. The molecule has 194 valence electrons. The highest BCUT2D eigenvalue weighted by Gasteiger charge is 2.30. The Balaban J connectivity index is 5.12. The second-order valence-electron chi connectivity index (χ2n) is 7.21. The first kappa shape index (κ1) is 30.9. The lowest BCUT2D eigenvalue weighted by atomic mass is 10.1. The van der Waals surface area contributed by atoms with Gasteiger partial charge in [0.2, 0.25) is 23.6 Å². The van der Waals surface area contributed by atoms with Crippen molar-refractivity contribution in [3.8, 4) is 0 Å². The molecule has 15 nitrogen and oxygen atoms in total. The van der Waals surface area contributed by atoms with E-state index in [0.717, 1.165) is 0 Å². The summed E-state index contributed by atoms with van der Waals surface area (Å²) < 4.78 is 0. The molecule has 0 aromatic carbocycles. The molecule has 0 aliphatic carbocycles. The predicted molar refractivity (Wildman–Crippen MR) is 125 cm³/mol. The van der Waals surface area contributed by atoms with Crippen LogP contribution in [0.2, 0.25) is 0 Å². The number of carboxylic acid groups (broad SMARTS) is 1. The van der Waals surface area contributed by atoms with Gasteiger partial charge >= 0.3 is 5.97 Å². The quantitative estimate of drug-likeness (QED) is 0.0515. The summed E-state index contributed by atoms with van der Waals surface area (Å²) in [6.07, 6.45) is 1.83. The number of nitrogens with one attached hydrogen (secondary N) is 3. The van der Waals surface area contributed by atoms with Crippen LogP contribution >= 0.6 is 11.8 Å². The van der Waals surface area contributed by atoms with Crippen LogP contribution in [0.1, 0.15) is 25.7 Å². The van der Waals surface area contributed by atoms with Crippen LogP contribution < -0.4 is 38.9 Å². The van der Waals surface area contributed by atoms with Crippen LogP contribution in [-0.4, -0.2) is 95.1 Å². The number of nitrogens with two attached hydrogens (primary N) is 4. The average Bonchev–Trinajstić information content (AvgIpc) is 2.76. The molecule has 0 fully saturated rings. The van der Waals surface area contributed by atoms with E-state index in [1.165, 1.54) is 11.8 Å². The van der Waals surface area contributed by atoms with Gasteiger partial charge in [-0.25, -0.2) is 4.79 Å². The third-order valence-corrected chi connectivity index (χ3v) is 5.03. The number of hydrogen-bond donors (Lipinski definition) is 9. The van der Waals surface area contributed by atoms with Crippen LogP contribution in [0.25, 0.3) is 0 Å². The summed E-state index contributed by atoms with van der Waals surface area (Å²) in [4.78, 5) is 63.5. The standard InChI is InChI=1S/C18H34N8O7S/c1-34-6-4-10(15(30)25-11(17(32)33)7-13(20)28)24-16(31)12(8-27)26-14(29)9(19)3-2-5-23-18(21)22/h9-12,27H,2-8,19H2,1H3,(H2,20,28)(H,24,31)(H,25,30)(H,26,29)(H,32,33)(H4,21,22,23). The summed E-state index contributed by atoms with van der Waals surface area (Å²) in [5.74, 6) is -4.55. The molecule has 0 aliphatic rings. The zero-order chi connectivity index (χ0) is 26.3. The molecule has 0 saturated heterocycles. The number of amides is 4. The molecular weight excluding hydrogens is 472 g/mol. The lowest BCUT2D eigenvalue weighted by Crippen LogP contribution is -2.58. The number of carbonyl (C=O) groups is 5. The molecule has 0 aromatic rings. The monoisotopic (exact) mass is 506 g/mol. The largest absolute Gasteiger partial charge is 0.480 e. The summed E-state index contributed by atoms with van der Waals surface area (Å²) >= 11 is 1.37. The molecule has 0 aliphatic heterocycles. The average molecular weight is 507 g/mol. The highest BCUT2D eigenvalue weighted by Crippen LogP contribution is 2.04. The van der Waals surface area contributed by atoms with Crippen LogP contribution in [0.15, 0.2) is 4.99 Å². The molecule has 0 aromatic heterocycles. The van der Waals surface area contributed by atoms with Crippen molar-refractivity contribution in [3.63, 3.8) is 0 Å². The van der Waals surface area contributed by atoms with E-state index in [9.17, 15) is 29.1 Å². The maximum absolute atomic E-state index is 12.6. The molecule has 4 amide bonds. The van der Waals surface area contributed by atoms with E-state index in [4.69, 9.17) is 28.0 Å². The smallest absolute Gasteiger partial charge is 0.326 e. The molecule has 0 heterocycles. The van der Waals surface area contributed by atoms with Crippen molar-refractivity contribution in [2.45, 2.75) is 49.9 Å². The van der Waals surface area contributed by atoms with Gasteiger partial charge < -0.3 is 49.1 Å². The molecule has 0 spiro atoms. The van der Waals surface area contributed by atoms with E-state index in [2.05, 4.69) is 20.9 Å². The topological polar surface area (TPSA) is 278 Å². The van der Waals surface area contributed by atoms with Crippen molar-refractivity contribution >= 4 is 47.3 Å². The van der Waals surface area contributed by atoms with Crippen molar-refractivity contribution in [1.29, 1.82) is 0 Å². The number of rotatable bonds is 17. The SMILES string of the molecule is CSCCC(NC(=O)C(CO)NC(=O)C(N)CCCN=C(N)N)C(=O)NC(CC(N)=O)C(=O)O. The number of primary amides is 1. The van der Waals surface area contributed by atoms with Crippen molar-refractivity contribution in [1.82, 2.24) is 16.0 Å². The number of aliphatic carboxylic acids is 1. The lowest BCUT2D eigenvalue weighted by Gasteiger charge is -2.24. The van der Waals surface area contributed by atoms with Crippen LogP contribution in [0.3, 0.4) is 0 Å². The van der Waals surface area contributed by atoms with E-state index < -0.39 is 66.8 Å². The molecular formula is C18H34N8O7S. The van der Waals surface area contributed by atoms with Crippen molar-refractivity contribution in [2.24, 2.45) is 27.9 Å². The Labute approximate surface area is 200 Å². The van der Waals surface area contributed by atoms with Crippen LogP contribution in [0, 0.1) is 0 Å². The first-order valence-electron chi connectivity index (χ1n) is 10.3. The first-order valence-corrected chi connectivity index (χ1v) is 11.6.